The van der Waals surface area contributed by atoms with Crippen molar-refractivity contribution >= 4 is 11.6 Å². The number of nitrogens with one attached hydrogen (secondary N) is 1. The maximum absolute atomic E-state index is 12.1. The Labute approximate surface area is 116 Å². The van der Waals surface area contributed by atoms with E-state index < -0.39 is 10.3 Å². The van der Waals surface area contributed by atoms with Crippen molar-refractivity contribution in [3.63, 3.8) is 0 Å². The lowest BCUT2D eigenvalue weighted by Crippen LogP contribution is -2.49. The molecule has 1 aromatic rings. The number of carbonyl (C=O) groups excluding carboxylic acids is 1. The van der Waals surface area contributed by atoms with Gasteiger partial charge >= 0.3 is 0 Å². The summed E-state index contributed by atoms with van der Waals surface area (Å²) in [5.41, 5.74) is 5.97. The Hall–Kier alpha value is -1.99. The van der Waals surface area contributed by atoms with Crippen molar-refractivity contribution in [2.45, 2.75) is 19.5 Å². The molecule has 0 spiro atoms. The largest absolute Gasteiger partial charge is 0.379 e. The Balaban J connectivity index is 1.95. The zero-order valence-corrected chi connectivity index (χ0v) is 11.2. The first kappa shape index (κ1) is 14.4. The number of non-ortho nitro benzene ring substituents is 1. The van der Waals surface area contributed by atoms with E-state index in [1.165, 1.54) is 12.1 Å². The number of nitrogens with zero attached hydrogens (tertiary/aromatic N) is 1. The van der Waals surface area contributed by atoms with Crippen LogP contribution < -0.4 is 11.1 Å². The minimum absolute atomic E-state index is 0.0262. The van der Waals surface area contributed by atoms with Crippen LogP contribution in [-0.2, 0) is 16.1 Å². The molecule has 1 aromatic carbocycles. The summed E-state index contributed by atoms with van der Waals surface area (Å²) < 4.78 is 5.23. The summed E-state index contributed by atoms with van der Waals surface area (Å²) in [6, 6.07) is 5.73. The maximum atomic E-state index is 12.1. The topological polar surface area (TPSA) is 107 Å². The van der Waals surface area contributed by atoms with Crippen LogP contribution in [0.4, 0.5) is 5.69 Å². The summed E-state index contributed by atoms with van der Waals surface area (Å²) in [6.45, 7) is 2.76. The standard InChI is InChI=1S/C13H17N3O4/c1-13(8-20-7-11(13)14)12(17)15-6-9-2-4-10(5-3-9)16(18)19/h2-5,11H,6-8,14H2,1H3,(H,15,17). The van der Waals surface area contributed by atoms with Gasteiger partial charge in [-0.3, -0.25) is 14.9 Å². The normalized spacial score (nSPS) is 25.4. The summed E-state index contributed by atoms with van der Waals surface area (Å²) in [5, 5.41) is 13.3. The molecule has 0 bridgehead atoms. The number of nitrogens with two attached hydrogens (primary N) is 1. The quantitative estimate of drug-likeness (QED) is 0.619. The molecule has 3 N–H and O–H groups in total. The van der Waals surface area contributed by atoms with Gasteiger partial charge in [-0.05, 0) is 12.5 Å². The van der Waals surface area contributed by atoms with Gasteiger partial charge in [-0.1, -0.05) is 12.1 Å². The third kappa shape index (κ3) is 2.78. The average Bonchev–Trinajstić information content (AvgIpc) is 2.77. The van der Waals surface area contributed by atoms with Crippen LogP contribution in [0.25, 0.3) is 0 Å². The van der Waals surface area contributed by atoms with Gasteiger partial charge in [-0.2, -0.15) is 0 Å². The smallest absolute Gasteiger partial charge is 0.269 e. The van der Waals surface area contributed by atoms with Gasteiger partial charge in [-0.25, -0.2) is 0 Å². The third-order valence-corrected chi connectivity index (χ3v) is 3.64. The summed E-state index contributed by atoms with van der Waals surface area (Å²) in [5.74, 6) is -0.166. The second kappa shape index (κ2) is 5.56. The summed E-state index contributed by atoms with van der Waals surface area (Å²) in [7, 11) is 0. The van der Waals surface area contributed by atoms with Crippen molar-refractivity contribution in [1.29, 1.82) is 0 Å². The number of carbonyl (C=O) groups is 1. The van der Waals surface area contributed by atoms with Gasteiger partial charge in [0.15, 0.2) is 0 Å². The first-order chi connectivity index (χ1) is 9.43. The van der Waals surface area contributed by atoms with E-state index in [-0.39, 0.29) is 17.6 Å². The predicted molar refractivity (Wildman–Crippen MR) is 71.8 cm³/mol. The van der Waals surface area contributed by atoms with Crippen molar-refractivity contribution in [2.75, 3.05) is 13.2 Å². The Morgan fingerprint density at radius 1 is 1.55 bits per heavy atom. The zero-order chi connectivity index (χ0) is 14.8. The van der Waals surface area contributed by atoms with Gasteiger partial charge in [0, 0.05) is 24.7 Å². The van der Waals surface area contributed by atoms with Crippen LogP contribution in [0.1, 0.15) is 12.5 Å². The highest BCUT2D eigenvalue weighted by molar-refractivity contribution is 5.83. The van der Waals surface area contributed by atoms with Gasteiger partial charge in [0.2, 0.25) is 5.91 Å². The molecule has 1 aliphatic rings. The SMILES string of the molecule is CC1(C(=O)NCc2ccc([N+](=O)[O-])cc2)COCC1N. The van der Waals surface area contributed by atoms with E-state index in [0.717, 1.165) is 5.56 Å². The summed E-state index contributed by atoms with van der Waals surface area (Å²) >= 11 is 0. The molecular weight excluding hydrogens is 262 g/mol. The number of ether oxygens (including phenoxy) is 1. The third-order valence-electron chi connectivity index (χ3n) is 3.64. The maximum Gasteiger partial charge on any atom is 0.269 e. The molecule has 2 unspecified atom stereocenters. The Morgan fingerprint density at radius 2 is 2.20 bits per heavy atom. The summed E-state index contributed by atoms with van der Waals surface area (Å²) in [4.78, 5) is 22.2. The van der Waals surface area contributed by atoms with Crippen molar-refractivity contribution in [3.05, 3.63) is 39.9 Å². The second-order valence-corrected chi connectivity index (χ2v) is 5.15. The number of nitro benzene ring substituents is 1. The molecule has 0 aliphatic carbocycles. The average molecular weight is 279 g/mol. The monoisotopic (exact) mass is 279 g/mol. The lowest BCUT2D eigenvalue weighted by atomic mass is 9.85. The molecule has 1 saturated heterocycles. The molecule has 2 rings (SSSR count). The number of rotatable bonds is 4. The molecule has 1 heterocycles. The molecular formula is C13H17N3O4. The zero-order valence-electron chi connectivity index (χ0n) is 11.2. The molecule has 7 heteroatoms. The molecule has 20 heavy (non-hydrogen) atoms. The number of benzene rings is 1. The van der Waals surface area contributed by atoms with Gasteiger partial charge in [0.25, 0.3) is 5.69 Å². The van der Waals surface area contributed by atoms with Crippen LogP contribution in [0.5, 0.6) is 0 Å². The summed E-state index contributed by atoms with van der Waals surface area (Å²) in [6.07, 6.45) is 0. The van der Waals surface area contributed by atoms with Crippen molar-refractivity contribution in [3.8, 4) is 0 Å². The van der Waals surface area contributed by atoms with E-state index in [1.54, 1.807) is 19.1 Å². The van der Waals surface area contributed by atoms with Crippen molar-refractivity contribution < 1.29 is 14.5 Å². The Bertz CT molecular complexity index is 517. The Kier molecular flexibility index (Phi) is 4.01. The van der Waals surface area contributed by atoms with Crippen molar-refractivity contribution in [2.24, 2.45) is 11.1 Å². The molecule has 108 valence electrons. The number of nitro groups is 1. The predicted octanol–water partition coefficient (Wildman–Crippen LogP) is 0.575. The molecule has 0 radical (unpaired) electrons. The van der Waals surface area contributed by atoms with Gasteiger partial charge < -0.3 is 15.8 Å². The van der Waals surface area contributed by atoms with Crippen LogP contribution in [0.2, 0.25) is 0 Å². The van der Waals surface area contributed by atoms with Crippen LogP contribution >= 0.6 is 0 Å². The molecule has 1 amide bonds. The number of hydrogen-bond acceptors (Lipinski definition) is 5. The van der Waals surface area contributed by atoms with Crippen LogP contribution in [0.3, 0.4) is 0 Å². The highest BCUT2D eigenvalue weighted by Gasteiger charge is 2.44. The minimum atomic E-state index is -0.721. The lowest BCUT2D eigenvalue weighted by Gasteiger charge is -2.25. The molecule has 1 aliphatic heterocycles. The van der Waals surface area contributed by atoms with Crippen LogP contribution in [-0.4, -0.2) is 30.1 Å². The fourth-order valence-corrected chi connectivity index (χ4v) is 2.04. The fraction of sp³-hybridized carbons (Fsp3) is 0.462. The van der Waals surface area contributed by atoms with Crippen LogP contribution in [0, 0.1) is 15.5 Å². The second-order valence-electron chi connectivity index (χ2n) is 5.15. The number of hydrogen-bond donors (Lipinski definition) is 2. The van der Waals surface area contributed by atoms with Crippen LogP contribution in [0.15, 0.2) is 24.3 Å². The number of amides is 1. The highest BCUT2D eigenvalue weighted by Crippen LogP contribution is 2.27. The lowest BCUT2D eigenvalue weighted by molar-refractivity contribution is -0.384. The van der Waals surface area contributed by atoms with E-state index in [1.807, 2.05) is 0 Å². The van der Waals surface area contributed by atoms with E-state index in [4.69, 9.17) is 10.5 Å². The molecule has 2 atom stereocenters. The van der Waals surface area contributed by atoms with E-state index in [9.17, 15) is 14.9 Å². The first-order valence-corrected chi connectivity index (χ1v) is 6.28. The first-order valence-electron chi connectivity index (χ1n) is 6.28. The highest BCUT2D eigenvalue weighted by atomic mass is 16.6. The minimum Gasteiger partial charge on any atom is -0.379 e. The fourth-order valence-electron chi connectivity index (χ4n) is 2.04. The van der Waals surface area contributed by atoms with Gasteiger partial charge in [0.05, 0.1) is 23.6 Å². The van der Waals surface area contributed by atoms with Crippen molar-refractivity contribution in [1.82, 2.24) is 5.32 Å². The van der Waals surface area contributed by atoms with E-state index >= 15 is 0 Å². The molecule has 0 aromatic heterocycles. The Morgan fingerprint density at radius 3 is 2.70 bits per heavy atom. The van der Waals surface area contributed by atoms with Gasteiger partial charge in [0.1, 0.15) is 0 Å². The molecule has 0 saturated carbocycles. The molecule has 7 nitrogen and oxygen atoms in total. The van der Waals surface area contributed by atoms with E-state index in [0.29, 0.717) is 19.8 Å². The van der Waals surface area contributed by atoms with E-state index in [2.05, 4.69) is 5.32 Å². The molecule has 1 fully saturated rings. The van der Waals surface area contributed by atoms with Gasteiger partial charge in [-0.15, -0.1) is 0 Å².